The van der Waals surface area contributed by atoms with Gasteiger partial charge in [-0.15, -0.1) is 0 Å². The first kappa shape index (κ1) is 11.8. The summed E-state index contributed by atoms with van der Waals surface area (Å²) in [7, 11) is 0. The van der Waals surface area contributed by atoms with Gasteiger partial charge < -0.3 is 9.64 Å². The van der Waals surface area contributed by atoms with Crippen LogP contribution in [0.5, 0.6) is 0 Å². The Morgan fingerprint density at radius 1 is 1.60 bits per heavy atom. The molecule has 0 aromatic heterocycles. The summed E-state index contributed by atoms with van der Waals surface area (Å²) < 4.78 is 4.93. The molecule has 1 atom stereocenters. The van der Waals surface area contributed by atoms with E-state index in [1.807, 2.05) is 13.8 Å². The van der Waals surface area contributed by atoms with E-state index in [4.69, 9.17) is 10.00 Å². The second-order valence-electron chi connectivity index (χ2n) is 3.94. The molecule has 0 aromatic carbocycles. The van der Waals surface area contributed by atoms with Crippen LogP contribution in [0.15, 0.2) is 0 Å². The Bertz CT molecular complexity index is 252. The SMILES string of the molecule is CCOC(=O)N1CCC(C(C)C#N)CC1. The molecule has 0 bridgehead atoms. The van der Waals surface area contributed by atoms with Crippen molar-refractivity contribution in [3.05, 3.63) is 0 Å². The summed E-state index contributed by atoms with van der Waals surface area (Å²) in [6.45, 7) is 5.62. The van der Waals surface area contributed by atoms with Crippen LogP contribution in [0.1, 0.15) is 26.7 Å². The summed E-state index contributed by atoms with van der Waals surface area (Å²) in [4.78, 5) is 13.1. The van der Waals surface area contributed by atoms with Crippen LogP contribution in [-0.2, 0) is 4.74 Å². The van der Waals surface area contributed by atoms with Gasteiger partial charge in [-0.2, -0.15) is 5.26 Å². The van der Waals surface area contributed by atoms with Crippen LogP contribution < -0.4 is 0 Å². The van der Waals surface area contributed by atoms with E-state index < -0.39 is 0 Å². The van der Waals surface area contributed by atoms with Crippen molar-refractivity contribution < 1.29 is 9.53 Å². The molecule has 1 aliphatic rings. The van der Waals surface area contributed by atoms with Gasteiger partial charge in [-0.05, 0) is 32.6 Å². The van der Waals surface area contributed by atoms with Crippen LogP contribution in [0.3, 0.4) is 0 Å². The minimum Gasteiger partial charge on any atom is -0.450 e. The van der Waals surface area contributed by atoms with Gasteiger partial charge >= 0.3 is 6.09 Å². The summed E-state index contributed by atoms with van der Waals surface area (Å²) in [6.07, 6.45) is 1.60. The third-order valence-electron chi connectivity index (χ3n) is 2.98. The van der Waals surface area contributed by atoms with E-state index in [1.54, 1.807) is 4.90 Å². The summed E-state index contributed by atoms with van der Waals surface area (Å²) >= 11 is 0. The lowest BCUT2D eigenvalue weighted by molar-refractivity contribution is 0.0884. The molecule has 15 heavy (non-hydrogen) atoms. The molecule has 84 valence electrons. The van der Waals surface area contributed by atoms with Crippen molar-refractivity contribution in [3.8, 4) is 6.07 Å². The Balaban J connectivity index is 2.36. The van der Waals surface area contributed by atoms with Crippen LogP contribution in [0.2, 0.25) is 0 Å². The van der Waals surface area contributed by atoms with Crippen molar-refractivity contribution in [2.24, 2.45) is 11.8 Å². The number of ether oxygens (including phenoxy) is 1. The predicted molar refractivity (Wildman–Crippen MR) is 56.1 cm³/mol. The van der Waals surface area contributed by atoms with Gasteiger partial charge in [-0.1, -0.05) is 0 Å². The van der Waals surface area contributed by atoms with Gasteiger partial charge in [0.2, 0.25) is 0 Å². The minimum atomic E-state index is -0.222. The average molecular weight is 210 g/mol. The molecule has 1 unspecified atom stereocenters. The number of piperidine rings is 1. The van der Waals surface area contributed by atoms with Crippen molar-refractivity contribution in [1.82, 2.24) is 4.90 Å². The highest BCUT2D eigenvalue weighted by Gasteiger charge is 2.26. The minimum absolute atomic E-state index is 0.0920. The molecular weight excluding hydrogens is 192 g/mol. The summed E-state index contributed by atoms with van der Waals surface area (Å²) in [5, 5.41) is 8.79. The average Bonchev–Trinajstić information content (AvgIpc) is 2.28. The maximum absolute atomic E-state index is 11.4. The number of nitrogens with zero attached hydrogens (tertiary/aromatic N) is 2. The fourth-order valence-corrected chi connectivity index (χ4v) is 1.90. The highest BCUT2D eigenvalue weighted by atomic mass is 16.6. The maximum Gasteiger partial charge on any atom is 0.409 e. The van der Waals surface area contributed by atoms with Gasteiger partial charge in [-0.25, -0.2) is 4.79 Å². The number of nitriles is 1. The molecule has 4 nitrogen and oxygen atoms in total. The maximum atomic E-state index is 11.4. The second-order valence-corrected chi connectivity index (χ2v) is 3.94. The molecule has 0 aliphatic carbocycles. The zero-order valence-electron chi connectivity index (χ0n) is 9.40. The van der Waals surface area contributed by atoms with E-state index in [-0.39, 0.29) is 12.0 Å². The number of likely N-dealkylation sites (tertiary alicyclic amines) is 1. The molecule has 0 N–H and O–H groups in total. The molecule has 1 aliphatic heterocycles. The van der Waals surface area contributed by atoms with Crippen molar-refractivity contribution in [1.29, 1.82) is 5.26 Å². The van der Waals surface area contributed by atoms with Crippen molar-refractivity contribution in [2.75, 3.05) is 19.7 Å². The van der Waals surface area contributed by atoms with E-state index >= 15 is 0 Å². The van der Waals surface area contributed by atoms with Crippen molar-refractivity contribution in [3.63, 3.8) is 0 Å². The van der Waals surface area contributed by atoms with Crippen LogP contribution in [0.4, 0.5) is 4.79 Å². The first-order valence-corrected chi connectivity index (χ1v) is 5.50. The molecule has 0 aromatic rings. The Labute approximate surface area is 90.8 Å². The lowest BCUT2D eigenvalue weighted by Crippen LogP contribution is -2.39. The Hall–Kier alpha value is -1.24. The van der Waals surface area contributed by atoms with Gasteiger partial charge in [0.05, 0.1) is 12.7 Å². The van der Waals surface area contributed by atoms with E-state index in [9.17, 15) is 4.79 Å². The first-order chi connectivity index (χ1) is 7.19. The van der Waals surface area contributed by atoms with Crippen molar-refractivity contribution >= 4 is 6.09 Å². The fourth-order valence-electron chi connectivity index (χ4n) is 1.90. The molecule has 0 saturated carbocycles. The normalized spacial score (nSPS) is 19.4. The van der Waals surface area contributed by atoms with Crippen LogP contribution in [0, 0.1) is 23.2 Å². The molecule has 4 heteroatoms. The zero-order chi connectivity index (χ0) is 11.3. The van der Waals surface area contributed by atoms with Gasteiger partial charge in [0.25, 0.3) is 0 Å². The monoisotopic (exact) mass is 210 g/mol. The Morgan fingerprint density at radius 3 is 2.67 bits per heavy atom. The zero-order valence-corrected chi connectivity index (χ0v) is 9.40. The van der Waals surface area contributed by atoms with Crippen LogP contribution in [0.25, 0.3) is 0 Å². The van der Waals surface area contributed by atoms with Crippen LogP contribution in [-0.4, -0.2) is 30.7 Å². The van der Waals surface area contributed by atoms with E-state index in [0.29, 0.717) is 12.5 Å². The summed E-state index contributed by atoms with van der Waals surface area (Å²) in [6, 6.07) is 2.27. The third-order valence-corrected chi connectivity index (χ3v) is 2.98. The lowest BCUT2D eigenvalue weighted by atomic mass is 9.86. The van der Waals surface area contributed by atoms with E-state index in [1.165, 1.54) is 0 Å². The van der Waals surface area contributed by atoms with Gasteiger partial charge in [0.1, 0.15) is 0 Å². The largest absolute Gasteiger partial charge is 0.450 e. The number of hydrogen-bond acceptors (Lipinski definition) is 3. The molecule has 1 heterocycles. The molecule has 0 spiro atoms. The number of carbonyl (C=O) groups is 1. The number of carbonyl (C=O) groups excluding carboxylic acids is 1. The molecule has 1 rings (SSSR count). The standard InChI is InChI=1S/C11H18N2O2/c1-3-15-11(14)13-6-4-10(5-7-13)9(2)8-12/h9-10H,3-7H2,1-2H3. The smallest absolute Gasteiger partial charge is 0.409 e. The molecule has 1 amide bonds. The highest BCUT2D eigenvalue weighted by Crippen LogP contribution is 2.24. The first-order valence-electron chi connectivity index (χ1n) is 5.50. The quantitative estimate of drug-likeness (QED) is 0.700. The molecular formula is C11H18N2O2. The number of amides is 1. The van der Waals surface area contributed by atoms with E-state index in [2.05, 4.69) is 6.07 Å². The highest BCUT2D eigenvalue weighted by molar-refractivity contribution is 5.67. The lowest BCUT2D eigenvalue weighted by Gasteiger charge is -2.32. The van der Waals surface area contributed by atoms with Crippen LogP contribution >= 0.6 is 0 Å². The number of rotatable bonds is 2. The summed E-state index contributed by atoms with van der Waals surface area (Å²) in [5.41, 5.74) is 0. The topological polar surface area (TPSA) is 53.3 Å². The molecule has 1 saturated heterocycles. The molecule has 0 radical (unpaired) electrons. The van der Waals surface area contributed by atoms with Gasteiger partial charge in [-0.3, -0.25) is 0 Å². The number of hydrogen-bond donors (Lipinski definition) is 0. The summed E-state index contributed by atoms with van der Waals surface area (Å²) in [5.74, 6) is 0.523. The van der Waals surface area contributed by atoms with Gasteiger partial charge in [0.15, 0.2) is 0 Å². The Morgan fingerprint density at radius 2 is 2.20 bits per heavy atom. The van der Waals surface area contributed by atoms with E-state index in [0.717, 1.165) is 25.9 Å². The van der Waals surface area contributed by atoms with Crippen molar-refractivity contribution in [2.45, 2.75) is 26.7 Å². The predicted octanol–water partition coefficient (Wildman–Crippen LogP) is 2.01. The fraction of sp³-hybridized carbons (Fsp3) is 0.818. The Kier molecular flexibility index (Phi) is 4.41. The third kappa shape index (κ3) is 3.12. The second kappa shape index (κ2) is 5.59. The molecule has 1 fully saturated rings. The van der Waals surface area contributed by atoms with Gasteiger partial charge in [0, 0.05) is 19.0 Å².